The Morgan fingerprint density at radius 3 is 2.71 bits per heavy atom. The lowest BCUT2D eigenvalue weighted by Gasteiger charge is -2.17. The molecule has 0 bridgehead atoms. The van der Waals surface area contributed by atoms with Crippen molar-refractivity contribution >= 4 is 39.3 Å². The minimum absolute atomic E-state index is 0.00153. The molecule has 1 aliphatic carbocycles. The highest BCUT2D eigenvalue weighted by Crippen LogP contribution is 2.38. The molecule has 0 saturated heterocycles. The predicted molar refractivity (Wildman–Crippen MR) is 90.7 cm³/mol. The van der Waals surface area contributed by atoms with Gasteiger partial charge in [-0.15, -0.1) is 11.3 Å². The molecule has 3 N–H and O–H groups in total. The fraction of sp³-hybridized carbons (Fsp3) is 0.500. The maximum atomic E-state index is 11.5. The Morgan fingerprint density at radius 2 is 2.00 bits per heavy atom. The van der Waals surface area contributed by atoms with Gasteiger partial charge < -0.3 is 15.5 Å². The Bertz CT molecular complexity index is 802. The van der Waals surface area contributed by atoms with Crippen molar-refractivity contribution in [3.05, 3.63) is 16.3 Å². The summed E-state index contributed by atoms with van der Waals surface area (Å²) < 4.78 is 0. The smallest absolute Gasteiger partial charge is 0.326 e. The number of nitrogens with zero attached hydrogens (tertiary/aromatic N) is 2. The molecule has 24 heavy (non-hydrogen) atoms. The van der Waals surface area contributed by atoms with Crippen LogP contribution in [0.1, 0.15) is 41.9 Å². The van der Waals surface area contributed by atoms with Crippen LogP contribution in [0.4, 0.5) is 5.82 Å². The van der Waals surface area contributed by atoms with E-state index in [4.69, 9.17) is 5.11 Å². The lowest BCUT2D eigenvalue weighted by molar-refractivity contribution is -0.139. The van der Waals surface area contributed by atoms with Crippen molar-refractivity contribution in [2.45, 2.75) is 51.5 Å². The van der Waals surface area contributed by atoms with Crippen molar-refractivity contribution in [1.82, 2.24) is 9.97 Å². The van der Waals surface area contributed by atoms with E-state index in [1.807, 2.05) is 0 Å². The number of anilines is 1. The number of hydrogen-bond donors (Lipinski definition) is 3. The number of rotatable bonds is 6. The maximum absolute atomic E-state index is 11.5. The van der Waals surface area contributed by atoms with E-state index in [9.17, 15) is 14.7 Å². The van der Waals surface area contributed by atoms with Gasteiger partial charge in [0.2, 0.25) is 0 Å². The summed E-state index contributed by atoms with van der Waals surface area (Å²) in [6.07, 6.45) is 4.03. The average molecular weight is 349 g/mol. The summed E-state index contributed by atoms with van der Waals surface area (Å²) in [5, 5.41) is 22.0. The first-order valence-electron chi connectivity index (χ1n) is 7.95. The summed E-state index contributed by atoms with van der Waals surface area (Å²) >= 11 is 1.65. The van der Waals surface area contributed by atoms with Crippen LogP contribution in [0.15, 0.2) is 0 Å². The highest BCUT2D eigenvalue weighted by atomic mass is 32.1. The predicted octanol–water partition coefficient (Wildman–Crippen LogP) is 2.61. The Balaban J connectivity index is 1.99. The molecule has 0 amide bonds. The zero-order chi connectivity index (χ0) is 17.3. The van der Waals surface area contributed by atoms with Gasteiger partial charge in [-0.05, 0) is 44.6 Å². The lowest BCUT2D eigenvalue weighted by atomic mass is 9.97. The number of carboxylic acids is 2. The molecule has 2 aromatic heterocycles. The zero-order valence-corrected chi connectivity index (χ0v) is 14.2. The Hall–Kier alpha value is -2.22. The topological polar surface area (TPSA) is 112 Å². The van der Waals surface area contributed by atoms with Gasteiger partial charge in [0.1, 0.15) is 22.5 Å². The third-order valence-corrected chi connectivity index (χ3v) is 5.37. The first-order valence-corrected chi connectivity index (χ1v) is 8.77. The van der Waals surface area contributed by atoms with Crippen LogP contribution in [-0.2, 0) is 22.4 Å². The number of aliphatic carboxylic acids is 2. The van der Waals surface area contributed by atoms with Gasteiger partial charge in [0.05, 0.1) is 5.39 Å². The van der Waals surface area contributed by atoms with E-state index >= 15 is 0 Å². The SMILES string of the molecule is Cc1nc(NC(CCC(=O)O)C(=O)O)c2c3c(sc2n1)CCCC3. The van der Waals surface area contributed by atoms with E-state index in [0.29, 0.717) is 11.6 Å². The molecule has 1 unspecified atom stereocenters. The summed E-state index contributed by atoms with van der Waals surface area (Å²) in [5.74, 6) is -1.01. The molecule has 0 spiro atoms. The van der Waals surface area contributed by atoms with Crippen LogP contribution in [0.2, 0.25) is 0 Å². The molecule has 0 aliphatic heterocycles. The van der Waals surface area contributed by atoms with Gasteiger partial charge in [0.15, 0.2) is 0 Å². The molecule has 2 heterocycles. The van der Waals surface area contributed by atoms with Crippen molar-refractivity contribution in [2.24, 2.45) is 0 Å². The van der Waals surface area contributed by atoms with E-state index in [2.05, 4.69) is 15.3 Å². The van der Waals surface area contributed by atoms with Gasteiger partial charge in [0.25, 0.3) is 0 Å². The number of nitrogens with one attached hydrogen (secondary N) is 1. The number of thiophene rings is 1. The van der Waals surface area contributed by atoms with Crippen molar-refractivity contribution < 1.29 is 19.8 Å². The molecule has 128 valence electrons. The minimum Gasteiger partial charge on any atom is -0.481 e. The number of carboxylic acid groups (broad SMARTS) is 2. The quantitative estimate of drug-likeness (QED) is 0.734. The monoisotopic (exact) mass is 349 g/mol. The molecule has 8 heteroatoms. The summed E-state index contributed by atoms with van der Waals surface area (Å²) in [4.78, 5) is 33.3. The second kappa shape index (κ2) is 6.72. The molecule has 0 fully saturated rings. The Labute approximate surface area is 142 Å². The van der Waals surface area contributed by atoms with Crippen LogP contribution in [0.3, 0.4) is 0 Å². The average Bonchev–Trinajstić information content (AvgIpc) is 2.88. The summed E-state index contributed by atoms with van der Waals surface area (Å²) in [7, 11) is 0. The molecule has 0 saturated carbocycles. The number of fused-ring (bicyclic) bond motifs is 3. The van der Waals surface area contributed by atoms with Crippen molar-refractivity contribution in [3.8, 4) is 0 Å². The Morgan fingerprint density at radius 1 is 1.25 bits per heavy atom. The fourth-order valence-electron chi connectivity index (χ4n) is 3.06. The van der Waals surface area contributed by atoms with Gasteiger partial charge in [-0.2, -0.15) is 0 Å². The molecule has 3 rings (SSSR count). The van der Waals surface area contributed by atoms with Crippen LogP contribution in [-0.4, -0.2) is 38.2 Å². The van der Waals surface area contributed by atoms with Crippen molar-refractivity contribution in [3.63, 3.8) is 0 Å². The van der Waals surface area contributed by atoms with E-state index in [1.165, 1.54) is 10.4 Å². The van der Waals surface area contributed by atoms with Crippen LogP contribution >= 0.6 is 11.3 Å². The van der Waals surface area contributed by atoms with Gasteiger partial charge in [-0.25, -0.2) is 14.8 Å². The van der Waals surface area contributed by atoms with Crippen molar-refractivity contribution in [1.29, 1.82) is 0 Å². The third-order valence-electron chi connectivity index (χ3n) is 4.18. The first kappa shape index (κ1) is 16.6. The molecule has 0 aromatic carbocycles. The van der Waals surface area contributed by atoms with Crippen LogP contribution in [0.25, 0.3) is 10.2 Å². The third kappa shape index (κ3) is 3.33. The molecule has 7 nitrogen and oxygen atoms in total. The second-order valence-corrected chi connectivity index (χ2v) is 7.06. The molecule has 0 radical (unpaired) electrons. The maximum Gasteiger partial charge on any atom is 0.326 e. The van der Waals surface area contributed by atoms with Gasteiger partial charge in [-0.3, -0.25) is 4.79 Å². The molecule has 1 atom stereocenters. The van der Waals surface area contributed by atoms with E-state index in [1.54, 1.807) is 18.3 Å². The molecular formula is C16H19N3O4S. The standard InChI is InChI=1S/C16H19N3O4S/c1-8-17-14(19-10(16(22)23)6-7-12(20)21)13-9-4-2-3-5-11(9)24-15(13)18-8/h10H,2-7H2,1H3,(H,20,21)(H,22,23)(H,17,18,19). The van der Waals surface area contributed by atoms with Crippen LogP contribution in [0.5, 0.6) is 0 Å². The summed E-state index contributed by atoms with van der Waals surface area (Å²) in [6, 6.07) is -0.988. The summed E-state index contributed by atoms with van der Waals surface area (Å²) in [6.45, 7) is 1.77. The fourth-order valence-corrected chi connectivity index (χ4v) is 4.37. The largest absolute Gasteiger partial charge is 0.481 e. The number of aromatic nitrogens is 2. The van der Waals surface area contributed by atoms with Crippen LogP contribution in [0, 0.1) is 6.92 Å². The van der Waals surface area contributed by atoms with E-state index in [0.717, 1.165) is 35.9 Å². The lowest BCUT2D eigenvalue weighted by Crippen LogP contribution is -2.30. The number of hydrogen-bond acceptors (Lipinski definition) is 6. The highest BCUT2D eigenvalue weighted by Gasteiger charge is 2.24. The second-order valence-electron chi connectivity index (χ2n) is 5.98. The van der Waals surface area contributed by atoms with E-state index in [-0.39, 0.29) is 12.8 Å². The zero-order valence-electron chi connectivity index (χ0n) is 13.3. The van der Waals surface area contributed by atoms with Crippen molar-refractivity contribution in [2.75, 3.05) is 5.32 Å². The molecule has 1 aliphatic rings. The van der Waals surface area contributed by atoms with Gasteiger partial charge in [-0.1, -0.05) is 0 Å². The number of carbonyl (C=O) groups is 2. The van der Waals surface area contributed by atoms with Gasteiger partial charge >= 0.3 is 11.9 Å². The molecule has 2 aromatic rings. The van der Waals surface area contributed by atoms with Gasteiger partial charge in [0, 0.05) is 11.3 Å². The highest BCUT2D eigenvalue weighted by molar-refractivity contribution is 7.19. The normalized spacial score (nSPS) is 15.0. The molecular weight excluding hydrogens is 330 g/mol. The Kier molecular flexibility index (Phi) is 4.66. The minimum atomic E-state index is -1.08. The van der Waals surface area contributed by atoms with E-state index < -0.39 is 18.0 Å². The first-order chi connectivity index (χ1) is 11.5. The number of aryl methyl sites for hydroxylation is 3. The summed E-state index contributed by atoms with van der Waals surface area (Å²) in [5.41, 5.74) is 1.21. The van der Waals surface area contributed by atoms with Crippen LogP contribution < -0.4 is 5.32 Å².